The van der Waals surface area contributed by atoms with Gasteiger partial charge in [0, 0.05) is 30.1 Å². The van der Waals surface area contributed by atoms with Gasteiger partial charge in [-0.2, -0.15) is 0 Å². The molecule has 0 saturated heterocycles. The van der Waals surface area contributed by atoms with Gasteiger partial charge in [-0.1, -0.05) is 49.6 Å². The van der Waals surface area contributed by atoms with E-state index in [1.807, 2.05) is 0 Å². The molecule has 3 aromatic heterocycles. The van der Waals surface area contributed by atoms with Crippen molar-refractivity contribution in [2.75, 3.05) is 0 Å². The molecule has 0 radical (unpaired) electrons. The van der Waals surface area contributed by atoms with Crippen LogP contribution in [0, 0.1) is 17.7 Å². The first-order chi connectivity index (χ1) is 17.3. The molecule has 0 aliphatic heterocycles. The van der Waals surface area contributed by atoms with E-state index in [-0.39, 0.29) is 22.7 Å². The molecule has 6 nitrogen and oxygen atoms in total. The summed E-state index contributed by atoms with van der Waals surface area (Å²) in [5.41, 5.74) is 1.66. The Labute approximate surface area is 212 Å². The highest BCUT2D eigenvalue weighted by Gasteiger charge is 2.28. The van der Waals surface area contributed by atoms with Gasteiger partial charge in [-0.15, -0.1) is 0 Å². The first-order valence-electron chi connectivity index (χ1n) is 12.0. The first-order valence-corrected chi connectivity index (χ1v) is 12.3. The van der Waals surface area contributed by atoms with Crippen molar-refractivity contribution in [1.29, 1.82) is 0 Å². The molecule has 0 amide bonds. The van der Waals surface area contributed by atoms with Crippen molar-refractivity contribution in [3.05, 3.63) is 76.7 Å². The van der Waals surface area contributed by atoms with Gasteiger partial charge in [-0.3, -0.25) is 4.98 Å². The zero-order valence-electron chi connectivity index (χ0n) is 19.7. The summed E-state index contributed by atoms with van der Waals surface area (Å²) < 4.78 is 32.4. The highest BCUT2D eigenvalue weighted by Crippen LogP contribution is 2.38. The third kappa shape index (κ3) is 4.69. The second-order valence-corrected chi connectivity index (χ2v) is 9.95. The Balaban J connectivity index is 1.75. The molecule has 186 valence electrons. The number of pyridine rings is 1. The Hall–Kier alpha value is -3.39. The standard InChI is InChI=1S/C27H25ClF2N4O2/c1-15-6-8-16(9-7-15)14-34-22(23(30)19-4-2-3-5-20(19)29)11-21-25(34)24(33-26(32-21)27(35)36)17-10-18(28)13-31-12-17/h2-5,10-13,15-16,23H,6-9,14H2,1H3,(H,35,36)/t15-,16-,23?. The van der Waals surface area contributed by atoms with Crippen molar-refractivity contribution in [2.45, 2.75) is 45.3 Å². The predicted molar refractivity (Wildman–Crippen MR) is 133 cm³/mol. The van der Waals surface area contributed by atoms with Gasteiger partial charge in [0.25, 0.3) is 0 Å². The molecule has 1 unspecified atom stereocenters. The van der Waals surface area contributed by atoms with Crippen LogP contribution in [-0.4, -0.2) is 30.6 Å². The summed E-state index contributed by atoms with van der Waals surface area (Å²) in [5.74, 6) is -1.45. The smallest absolute Gasteiger partial charge is 0.373 e. The molecule has 5 rings (SSSR count). The summed E-state index contributed by atoms with van der Waals surface area (Å²) >= 11 is 6.18. The van der Waals surface area contributed by atoms with Crippen LogP contribution >= 0.6 is 11.6 Å². The Morgan fingerprint density at radius 1 is 1.17 bits per heavy atom. The zero-order chi connectivity index (χ0) is 25.4. The number of carbonyl (C=O) groups is 1. The van der Waals surface area contributed by atoms with Crippen molar-refractivity contribution >= 4 is 28.6 Å². The number of alkyl halides is 1. The Morgan fingerprint density at radius 3 is 2.61 bits per heavy atom. The van der Waals surface area contributed by atoms with Crippen LogP contribution in [0.2, 0.25) is 5.02 Å². The van der Waals surface area contributed by atoms with E-state index >= 15 is 4.39 Å². The fourth-order valence-corrected chi connectivity index (χ4v) is 5.21. The lowest BCUT2D eigenvalue weighted by Crippen LogP contribution is -2.20. The molecule has 0 bridgehead atoms. The second kappa shape index (κ2) is 9.93. The van der Waals surface area contributed by atoms with Crippen LogP contribution in [0.3, 0.4) is 0 Å². The van der Waals surface area contributed by atoms with Gasteiger partial charge in [0.05, 0.1) is 21.7 Å². The van der Waals surface area contributed by atoms with E-state index in [4.69, 9.17) is 11.6 Å². The van der Waals surface area contributed by atoms with E-state index in [0.717, 1.165) is 25.7 Å². The molecule has 0 spiro atoms. The van der Waals surface area contributed by atoms with E-state index in [1.165, 1.54) is 36.7 Å². The largest absolute Gasteiger partial charge is 0.475 e. The number of carboxylic acids is 1. The fraction of sp³-hybridized carbons (Fsp3) is 0.333. The number of hydrogen-bond acceptors (Lipinski definition) is 4. The predicted octanol–water partition coefficient (Wildman–Crippen LogP) is 6.87. The summed E-state index contributed by atoms with van der Waals surface area (Å²) in [4.78, 5) is 24.5. The maximum atomic E-state index is 16.0. The normalized spacial score (nSPS) is 18.9. The minimum atomic E-state index is -1.78. The van der Waals surface area contributed by atoms with Crippen LogP contribution in [-0.2, 0) is 6.54 Å². The zero-order valence-corrected chi connectivity index (χ0v) is 20.4. The van der Waals surface area contributed by atoms with Crippen molar-refractivity contribution < 1.29 is 18.7 Å². The number of nitrogens with zero attached hydrogens (tertiary/aromatic N) is 4. The number of aromatic carboxylic acids is 1. The molecule has 1 aliphatic rings. The molecule has 1 atom stereocenters. The molecule has 1 aliphatic carbocycles. The lowest BCUT2D eigenvalue weighted by molar-refractivity contribution is 0.0684. The second-order valence-electron chi connectivity index (χ2n) is 9.52. The van der Waals surface area contributed by atoms with Crippen molar-refractivity contribution in [3.8, 4) is 11.3 Å². The number of aromatic nitrogens is 4. The van der Waals surface area contributed by atoms with Gasteiger partial charge in [0.2, 0.25) is 5.82 Å². The molecule has 1 saturated carbocycles. The van der Waals surface area contributed by atoms with Crippen LogP contribution in [0.15, 0.2) is 48.8 Å². The van der Waals surface area contributed by atoms with Crippen LogP contribution < -0.4 is 0 Å². The maximum absolute atomic E-state index is 16.0. The molecular formula is C27H25ClF2N4O2. The monoisotopic (exact) mass is 510 g/mol. The van der Waals surface area contributed by atoms with Gasteiger partial charge in [-0.05, 0) is 42.9 Å². The highest BCUT2D eigenvalue weighted by molar-refractivity contribution is 6.30. The van der Waals surface area contributed by atoms with Crippen molar-refractivity contribution in [3.63, 3.8) is 0 Å². The molecule has 36 heavy (non-hydrogen) atoms. The minimum Gasteiger partial charge on any atom is -0.475 e. The minimum absolute atomic E-state index is 0.0868. The summed E-state index contributed by atoms with van der Waals surface area (Å²) in [6.07, 6.45) is 5.35. The van der Waals surface area contributed by atoms with E-state index in [9.17, 15) is 14.3 Å². The molecule has 1 aromatic carbocycles. The molecular weight excluding hydrogens is 486 g/mol. The number of fused-ring (bicyclic) bond motifs is 1. The third-order valence-corrected chi connectivity index (χ3v) is 7.17. The van der Waals surface area contributed by atoms with Gasteiger partial charge in [-0.25, -0.2) is 23.5 Å². The summed E-state index contributed by atoms with van der Waals surface area (Å²) in [7, 11) is 0. The van der Waals surface area contributed by atoms with E-state index in [2.05, 4.69) is 21.9 Å². The van der Waals surface area contributed by atoms with E-state index < -0.39 is 23.8 Å². The average molecular weight is 511 g/mol. The van der Waals surface area contributed by atoms with Gasteiger partial charge in [0.15, 0.2) is 6.17 Å². The summed E-state index contributed by atoms with van der Waals surface area (Å²) in [5, 5.41) is 10.0. The SMILES string of the molecule is C[C@H]1CC[C@H](Cn2c(C(F)c3ccccc3F)cc3nc(C(=O)O)nc(-c4cncc(Cl)c4)c32)CC1. The summed E-state index contributed by atoms with van der Waals surface area (Å²) in [6, 6.07) is 8.88. The highest BCUT2D eigenvalue weighted by atomic mass is 35.5. The average Bonchev–Trinajstić information content (AvgIpc) is 3.23. The molecule has 1 N–H and O–H groups in total. The molecule has 3 heterocycles. The third-order valence-electron chi connectivity index (χ3n) is 6.96. The van der Waals surface area contributed by atoms with Gasteiger partial charge < -0.3 is 9.67 Å². The van der Waals surface area contributed by atoms with Gasteiger partial charge >= 0.3 is 5.97 Å². The lowest BCUT2D eigenvalue weighted by Gasteiger charge is -2.28. The topological polar surface area (TPSA) is 80.9 Å². The van der Waals surface area contributed by atoms with Crippen molar-refractivity contribution in [1.82, 2.24) is 19.5 Å². The number of benzene rings is 1. The lowest BCUT2D eigenvalue weighted by atomic mass is 9.83. The van der Waals surface area contributed by atoms with Crippen molar-refractivity contribution in [2.24, 2.45) is 11.8 Å². The van der Waals surface area contributed by atoms with Gasteiger partial charge in [0.1, 0.15) is 11.5 Å². The van der Waals surface area contributed by atoms with E-state index in [1.54, 1.807) is 16.7 Å². The molecule has 1 fully saturated rings. The summed E-state index contributed by atoms with van der Waals surface area (Å²) in [6.45, 7) is 2.71. The number of halogens is 3. The Bertz CT molecular complexity index is 1430. The Kier molecular flexibility index (Phi) is 6.71. The maximum Gasteiger partial charge on any atom is 0.373 e. The number of carboxylic acid groups (broad SMARTS) is 1. The van der Waals surface area contributed by atoms with Crippen LogP contribution in [0.4, 0.5) is 8.78 Å². The van der Waals surface area contributed by atoms with E-state index in [0.29, 0.717) is 34.3 Å². The number of rotatable bonds is 6. The molecule has 4 aromatic rings. The van der Waals surface area contributed by atoms with Crippen LogP contribution in [0.25, 0.3) is 22.3 Å². The Morgan fingerprint density at radius 2 is 1.92 bits per heavy atom. The van der Waals surface area contributed by atoms with Crippen LogP contribution in [0.1, 0.15) is 60.7 Å². The fourth-order valence-electron chi connectivity index (χ4n) is 5.04. The first kappa shape index (κ1) is 24.3. The molecule has 9 heteroatoms. The quantitative estimate of drug-likeness (QED) is 0.306. The van der Waals surface area contributed by atoms with Crippen LogP contribution in [0.5, 0.6) is 0 Å². The number of hydrogen-bond donors (Lipinski definition) is 1.